The van der Waals surface area contributed by atoms with Gasteiger partial charge in [-0.05, 0) is 30.2 Å². The molecule has 9 heteroatoms. The molecule has 29 heavy (non-hydrogen) atoms. The van der Waals surface area contributed by atoms with E-state index in [-0.39, 0.29) is 10.7 Å². The van der Waals surface area contributed by atoms with Gasteiger partial charge in [-0.15, -0.1) is 0 Å². The summed E-state index contributed by atoms with van der Waals surface area (Å²) < 4.78 is 6.57. The summed E-state index contributed by atoms with van der Waals surface area (Å²) in [7, 11) is 1.65. The van der Waals surface area contributed by atoms with Crippen LogP contribution >= 0.6 is 11.6 Å². The lowest BCUT2D eigenvalue weighted by atomic mass is 9.98. The maximum Gasteiger partial charge on any atom is 0.292 e. The summed E-state index contributed by atoms with van der Waals surface area (Å²) in [5, 5.41) is 15.1. The predicted octanol–water partition coefficient (Wildman–Crippen LogP) is 3.37. The van der Waals surface area contributed by atoms with Gasteiger partial charge in [0.05, 0.1) is 29.6 Å². The number of hydrogen-bond acceptors (Lipinski definition) is 6. The number of fused-ring (bicyclic) bond motifs is 1. The molecule has 0 N–H and O–H groups in total. The summed E-state index contributed by atoms with van der Waals surface area (Å²) in [5.74, 6) is 0.861. The third-order valence-electron chi connectivity index (χ3n) is 4.99. The Hall–Kier alpha value is -3.39. The fraction of sp³-hybridized carbons (Fsp3) is 0.200. The van der Waals surface area contributed by atoms with Gasteiger partial charge in [-0.3, -0.25) is 14.9 Å². The SMILES string of the molecule is COc1cccc2c1CCN(c1cnn(-c3ccc([N+](=O)[O-])cc3)c(=O)c1Cl)C2. The van der Waals surface area contributed by atoms with E-state index in [1.54, 1.807) is 13.3 Å². The number of non-ortho nitro benzene ring substituents is 1. The molecule has 0 fully saturated rings. The molecular formula is C20H17ClN4O4. The topological polar surface area (TPSA) is 90.5 Å². The van der Waals surface area contributed by atoms with Gasteiger partial charge in [0.2, 0.25) is 0 Å². The minimum absolute atomic E-state index is 0.0599. The quantitative estimate of drug-likeness (QED) is 0.482. The predicted molar refractivity (Wildman–Crippen MR) is 109 cm³/mol. The van der Waals surface area contributed by atoms with E-state index < -0.39 is 10.5 Å². The molecule has 0 amide bonds. The average Bonchev–Trinajstić information content (AvgIpc) is 2.75. The number of anilines is 1. The van der Waals surface area contributed by atoms with E-state index in [2.05, 4.69) is 5.10 Å². The summed E-state index contributed by atoms with van der Waals surface area (Å²) in [5.41, 5.74) is 2.70. The molecule has 0 saturated carbocycles. The molecular weight excluding hydrogens is 396 g/mol. The first-order valence-corrected chi connectivity index (χ1v) is 9.29. The molecule has 148 valence electrons. The van der Waals surface area contributed by atoms with Crippen LogP contribution in [0, 0.1) is 10.1 Å². The average molecular weight is 413 g/mol. The zero-order valence-electron chi connectivity index (χ0n) is 15.5. The number of halogens is 1. The Morgan fingerprint density at radius 2 is 1.97 bits per heavy atom. The van der Waals surface area contributed by atoms with Crippen LogP contribution in [0.3, 0.4) is 0 Å². The fourth-order valence-corrected chi connectivity index (χ4v) is 3.76. The molecule has 8 nitrogen and oxygen atoms in total. The third kappa shape index (κ3) is 3.42. The lowest BCUT2D eigenvalue weighted by Gasteiger charge is -2.31. The van der Waals surface area contributed by atoms with Crippen LogP contribution in [0.4, 0.5) is 11.4 Å². The van der Waals surface area contributed by atoms with E-state index in [0.29, 0.717) is 24.5 Å². The Kier molecular flexibility index (Phi) is 4.94. The van der Waals surface area contributed by atoms with Gasteiger partial charge in [0.1, 0.15) is 10.8 Å². The molecule has 0 atom stereocenters. The zero-order valence-corrected chi connectivity index (χ0v) is 16.3. The zero-order chi connectivity index (χ0) is 20.5. The molecule has 0 saturated heterocycles. The Bertz CT molecular complexity index is 1140. The largest absolute Gasteiger partial charge is 0.496 e. The first-order chi connectivity index (χ1) is 14.0. The first-order valence-electron chi connectivity index (χ1n) is 8.92. The van der Waals surface area contributed by atoms with Crippen molar-refractivity contribution in [2.45, 2.75) is 13.0 Å². The molecule has 0 bridgehead atoms. The van der Waals surface area contributed by atoms with Crippen LogP contribution in [-0.4, -0.2) is 28.4 Å². The van der Waals surface area contributed by atoms with E-state index in [9.17, 15) is 14.9 Å². The number of aromatic nitrogens is 2. The van der Waals surface area contributed by atoms with Crippen molar-refractivity contribution in [1.82, 2.24) is 9.78 Å². The smallest absolute Gasteiger partial charge is 0.292 e. The van der Waals surface area contributed by atoms with Crippen molar-refractivity contribution in [3.8, 4) is 11.4 Å². The monoisotopic (exact) mass is 412 g/mol. The highest BCUT2D eigenvalue weighted by Crippen LogP contribution is 2.32. The van der Waals surface area contributed by atoms with Crippen molar-refractivity contribution in [1.29, 1.82) is 0 Å². The number of nitro groups is 1. The summed E-state index contributed by atoms with van der Waals surface area (Å²) in [6, 6.07) is 11.5. The van der Waals surface area contributed by atoms with Crippen molar-refractivity contribution in [2.75, 3.05) is 18.6 Å². The van der Waals surface area contributed by atoms with Gasteiger partial charge in [-0.2, -0.15) is 9.78 Å². The van der Waals surface area contributed by atoms with Crippen molar-refractivity contribution in [3.05, 3.63) is 85.3 Å². The maximum atomic E-state index is 12.8. The van der Waals surface area contributed by atoms with Crippen LogP contribution in [0.25, 0.3) is 5.69 Å². The van der Waals surface area contributed by atoms with Crippen LogP contribution in [0.5, 0.6) is 5.75 Å². The lowest BCUT2D eigenvalue weighted by molar-refractivity contribution is -0.384. The van der Waals surface area contributed by atoms with Gasteiger partial charge in [-0.1, -0.05) is 23.7 Å². The Balaban J connectivity index is 1.66. The molecule has 2 heterocycles. The Morgan fingerprint density at radius 1 is 1.21 bits per heavy atom. The second kappa shape index (κ2) is 7.56. The van der Waals surface area contributed by atoms with Gasteiger partial charge in [0, 0.05) is 30.8 Å². The molecule has 1 aliphatic heterocycles. The number of nitrogens with zero attached hydrogens (tertiary/aromatic N) is 4. The van der Waals surface area contributed by atoms with Crippen molar-refractivity contribution in [3.63, 3.8) is 0 Å². The van der Waals surface area contributed by atoms with Crippen molar-refractivity contribution >= 4 is 23.0 Å². The van der Waals surface area contributed by atoms with E-state index in [4.69, 9.17) is 16.3 Å². The summed E-state index contributed by atoms with van der Waals surface area (Å²) in [6.07, 6.45) is 2.32. The molecule has 2 aromatic carbocycles. The molecule has 1 aliphatic rings. The number of benzene rings is 2. The van der Waals surface area contributed by atoms with Crippen LogP contribution in [0.1, 0.15) is 11.1 Å². The molecule has 3 aromatic rings. The second-order valence-corrected chi connectivity index (χ2v) is 6.98. The molecule has 0 radical (unpaired) electrons. The normalized spacial score (nSPS) is 13.1. The van der Waals surface area contributed by atoms with Crippen molar-refractivity contribution < 1.29 is 9.66 Å². The molecule has 0 aliphatic carbocycles. The van der Waals surface area contributed by atoms with E-state index >= 15 is 0 Å². The molecule has 0 unspecified atom stereocenters. The van der Waals surface area contributed by atoms with Crippen LogP contribution in [-0.2, 0) is 13.0 Å². The number of rotatable bonds is 4. The summed E-state index contributed by atoms with van der Waals surface area (Å²) in [6.45, 7) is 1.27. The standard InChI is InChI=1S/C20H17ClN4O4/c1-29-18-4-2-3-13-12-23(10-9-16(13)18)17-11-22-24(20(26)19(17)21)14-5-7-15(8-6-14)25(27)28/h2-8,11H,9-10,12H2,1H3. The van der Waals surface area contributed by atoms with Crippen molar-refractivity contribution in [2.24, 2.45) is 0 Å². The van der Waals surface area contributed by atoms with Gasteiger partial charge < -0.3 is 9.64 Å². The molecule has 1 aromatic heterocycles. The second-order valence-electron chi connectivity index (χ2n) is 6.60. The van der Waals surface area contributed by atoms with E-state index in [0.717, 1.165) is 28.0 Å². The highest BCUT2D eigenvalue weighted by molar-refractivity contribution is 6.33. The van der Waals surface area contributed by atoms with Gasteiger partial charge in [0.25, 0.3) is 11.2 Å². The van der Waals surface area contributed by atoms with E-state index in [1.807, 2.05) is 23.1 Å². The minimum atomic E-state index is -0.501. The number of hydrogen-bond donors (Lipinski definition) is 0. The van der Waals surface area contributed by atoms with Gasteiger partial charge >= 0.3 is 0 Å². The number of methoxy groups -OCH3 is 1. The summed E-state index contributed by atoms with van der Waals surface area (Å²) in [4.78, 5) is 25.1. The Labute approximate surface area is 171 Å². The highest BCUT2D eigenvalue weighted by atomic mass is 35.5. The van der Waals surface area contributed by atoms with E-state index in [1.165, 1.54) is 24.3 Å². The number of ether oxygens (including phenoxy) is 1. The Morgan fingerprint density at radius 3 is 2.66 bits per heavy atom. The van der Waals surface area contributed by atoms with Crippen LogP contribution in [0.2, 0.25) is 5.02 Å². The van der Waals surface area contributed by atoms with Crippen LogP contribution < -0.4 is 15.2 Å². The lowest BCUT2D eigenvalue weighted by Crippen LogP contribution is -2.33. The molecule has 0 spiro atoms. The summed E-state index contributed by atoms with van der Waals surface area (Å²) >= 11 is 6.40. The molecule has 4 rings (SSSR count). The van der Waals surface area contributed by atoms with Gasteiger partial charge in [0.15, 0.2) is 0 Å². The van der Waals surface area contributed by atoms with Crippen LogP contribution in [0.15, 0.2) is 53.5 Å². The minimum Gasteiger partial charge on any atom is -0.496 e. The first kappa shape index (κ1) is 18.9. The fourth-order valence-electron chi connectivity index (χ4n) is 3.52. The third-order valence-corrected chi connectivity index (χ3v) is 5.34. The number of nitro benzene ring substituents is 1. The maximum absolute atomic E-state index is 12.8. The van der Waals surface area contributed by atoms with Gasteiger partial charge in [-0.25, -0.2) is 0 Å². The highest BCUT2D eigenvalue weighted by Gasteiger charge is 2.23.